The summed E-state index contributed by atoms with van der Waals surface area (Å²) in [6.07, 6.45) is 0. The first kappa shape index (κ1) is 18.1. The quantitative estimate of drug-likeness (QED) is 0.583. The third kappa shape index (κ3) is 3.12. The zero-order valence-corrected chi connectivity index (χ0v) is 15.4. The molecular formula is C17H28PSiTi. The molecule has 1 aromatic carbocycles. The van der Waals surface area contributed by atoms with Gasteiger partial charge in [0.25, 0.3) is 0 Å². The molecule has 1 aromatic rings. The first-order valence-corrected chi connectivity index (χ1v) is 11.8. The summed E-state index contributed by atoms with van der Waals surface area (Å²) in [6.45, 7) is 9.48. The molecule has 0 radical (unpaired) electrons. The Bertz CT molecular complexity index is 545. The molecule has 0 saturated carbocycles. The maximum atomic E-state index is 2.50. The molecule has 0 aliphatic heterocycles. The second-order valence-corrected chi connectivity index (χ2v) is 11.6. The van der Waals surface area contributed by atoms with Gasteiger partial charge in [0, 0.05) is 0 Å². The van der Waals surface area contributed by atoms with E-state index in [-0.39, 0.29) is 11.0 Å². The Morgan fingerprint density at radius 1 is 0.950 bits per heavy atom. The van der Waals surface area contributed by atoms with Gasteiger partial charge in [-0.25, -0.2) is 0 Å². The molecular weight excluding hydrogens is 311 g/mol. The van der Waals surface area contributed by atoms with Crippen molar-refractivity contribution < 1.29 is 17.9 Å². The van der Waals surface area contributed by atoms with E-state index in [0.29, 0.717) is 5.16 Å². The minimum absolute atomic E-state index is 0. The molecule has 2 atom stereocenters. The molecule has 0 amide bonds. The van der Waals surface area contributed by atoms with Crippen LogP contribution < -0.4 is 5.30 Å². The average Bonchev–Trinajstić information content (AvgIpc) is 2.52. The Balaban J connectivity index is 0.00000200. The van der Waals surface area contributed by atoms with Gasteiger partial charge in [0.05, 0.1) is 0 Å². The maximum absolute atomic E-state index is 2.50. The van der Waals surface area contributed by atoms with E-state index in [1.54, 1.807) is 16.7 Å². The van der Waals surface area contributed by atoms with Crippen LogP contribution in [0.4, 0.5) is 0 Å². The van der Waals surface area contributed by atoms with E-state index >= 15 is 0 Å². The Hall–Kier alpha value is 0.0612. The van der Waals surface area contributed by atoms with E-state index in [1.807, 2.05) is 3.88 Å². The standard InChI is InChI=1S/C15H18P.2CH3.H4Si.Ti/c1-11-10-15(4,13(3)12(11)2)16-14-8-6-5-7-9-14;;;;/h5-9,16H,1-4H3;2*1H3;1H4;. The molecule has 0 N–H and O–H groups in total. The Morgan fingerprint density at radius 3 is 2.00 bits per heavy atom. The zero-order valence-electron chi connectivity index (χ0n) is 12.9. The van der Waals surface area contributed by atoms with Gasteiger partial charge in [-0.2, -0.15) is 0 Å². The van der Waals surface area contributed by atoms with Crippen molar-refractivity contribution in [2.45, 2.75) is 43.3 Å². The van der Waals surface area contributed by atoms with Crippen molar-refractivity contribution in [1.29, 1.82) is 0 Å². The SMILES string of the molecule is CC1=C(C)C(C)(Pc2ccccc2)[C]([Ti]([CH3])[CH3])=C1C.[SiH4]. The summed E-state index contributed by atoms with van der Waals surface area (Å²) in [5, 5.41) is 6.79. The number of benzene rings is 1. The maximum Gasteiger partial charge on any atom is -0.0149 e. The third-order valence-corrected chi connectivity index (χ3v) is 9.48. The molecule has 109 valence electrons. The Kier molecular flexibility index (Phi) is 6.23. The number of hydrogen-bond acceptors (Lipinski definition) is 0. The first-order chi connectivity index (χ1) is 8.88. The van der Waals surface area contributed by atoms with Crippen LogP contribution in [0.1, 0.15) is 27.7 Å². The van der Waals surface area contributed by atoms with Gasteiger partial charge in [0.15, 0.2) is 0 Å². The molecule has 20 heavy (non-hydrogen) atoms. The van der Waals surface area contributed by atoms with Gasteiger partial charge in [-0.15, -0.1) is 0 Å². The van der Waals surface area contributed by atoms with Gasteiger partial charge in [0.1, 0.15) is 0 Å². The molecule has 0 saturated heterocycles. The van der Waals surface area contributed by atoms with Crippen molar-refractivity contribution in [3.05, 3.63) is 50.9 Å². The summed E-state index contributed by atoms with van der Waals surface area (Å²) in [7, 11) is 0.862. The van der Waals surface area contributed by atoms with Crippen LogP contribution in [0.2, 0.25) is 10.5 Å². The second-order valence-electron chi connectivity index (χ2n) is 5.87. The van der Waals surface area contributed by atoms with E-state index in [0.717, 1.165) is 8.58 Å². The monoisotopic (exact) mass is 339 g/mol. The van der Waals surface area contributed by atoms with Gasteiger partial charge in [0.2, 0.25) is 0 Å². The van der Waals surface area contributed by atoms with E-state index in [9.17, 15) is 0 Å². The molecule has 0 aromatic heterocycles. The summed E-state index contributed by atoms with van der Waals surface area (Å²) in [5.74, 6) is 0. The normalized spacial score (nSPS) is 22.7. The molecule has 0 bridgehead atoms. The number of hydrogen-bond donors (Lipinski definition) is 0. The van der Waals surface area contributed by atoms with E-state index in [2.05, 4.69) is 68.5 Å². The van der Waals surface area contributed by atoms with Crippen LogP contribution >= 0.6 is 8.58 Å². The van der Waals surface area contributed by atoms with Crippen molar-refractivity contribution in [2.75, 3.05) is 0 Å². The predicted molar refractivity (Wildman–Crippen MR) is 96.9 cm³/mol. The second kappa shape index (κ2) is 6.88. The summed E-state index contributed by atoms with van der Waals surface area (Å²) in [5.41, 5.74) is 4.76. The summed E-state index contributed by atoms with van der Waals surface area (Å²) >= 11 is -1.06. The van der Waals surface area contributed by atoms with Crippen LogP contribution in [0.25, 0.3) is 0 Å². The van der Waals surface area contributed by atoms with Gasteiger partial charge in [-0.05, 0) is 11.0 Å². The van der Waals surface area contributed by atoms with E-state index < -0.39 is 17.9 Å². The predicted octanol–water partition coefficient (Wildman–Crippen LogP) is 3.64. The summed E-state index contributed by atoms with van der Waals surface area (Å²) in [6, 6.07) is 11.0. The van der Waals surface area contributed by atoms with Gasteiger partial charge >= 0.3 is 126 Å². The number of rotatable bonds is 3. The van der Waals surface area contributed by atoms with E-state index in [4.69, 9.17) is 0 Å². The van der Waals surface area contributed by atoms with Crippen molar-refractivity contribution in [3.8, 4) is 0 Å². The topological polar surface area (TPSA) is 0 Å². The molecule has 0 fully saturated rings. The molecule has 2 unspecified atom stereocenters. The molecule has 0 spiro atoms. The van der Waals surface area contributed by atoms with Gasteiger partial charge in [-0.1, -0.05) is 0 Å². The van der Waals surface area contributed by atoms with Crippen LogP contribution in [-0.4, -0.2) is 16.1 Å². The first-order valence-electron chi connectivity index (χ1n) is 6.91. The molecule has 2 rings (SSSR count). The fraction of sp³-hybridized carbons (Fsp3) is 0.412. The molecule has 0 heterocycles. The summed E-state index contributed by atoms with van der Waals surface area (Å²) in [4.78, 5) is 0. The minimum atomic E-state index is -1.06. The van der Waals surface area contributed by atoms with Crippen LogP contribution in [0, 0.1) is 0 Å². The largest absolute Gasteiger partial charge is 0.0149 e. The molecule has 1 aliphatic carbocycles. The average molecular weight is 339 g/mol. The minimum Gasteiger partial charge on any atom is -0.0149 e. The van der Waals surface area contributed by atoms with Gasteiger partial charge < -0.3 is 0 Å². The number of allylic oxidation sites excluding steroid dienone is 4. The van der Waals surface area contributed by atoms with Crippen LogP contribution in [0.5, 0.6) is 0 Å². The van der Waals surface area contributed by atoms with Crippen molar-refractivity contribution >= 4 is 24.9 Å². The smallest absolute Gasteiger partial charge is 0.0149 e. The fourth-order valence-electron chi connectivity index (χ4n) is 3.25. The van der Waals surface area contributed by atoms with Crippen LogP contribution in [0.3, 0.4) is 0 Å². The Labute approximate surface area is 136 Å². The van der Waals surface area contributed by atoms with Crippen LogP contribution in [-0.2, 0) is 17.9 Å². The van der Waals surface area contributed by atoms with Crippen LogP contribution in [0.15, 0.2) is 50.9 Å². The van der Waals surface area contributed by atoms with Crippen molar-refractivity contribution in [1.82, 2.24) is 0 Å². The fourth-order valence-corrected chi connectivity index (χ4v) is 9.51. The van der Waals surface area contributed by atoms with Crippen molar-refractivity contribution in [2.24, 2.45) is 0 Å². The zero-order chi connectivity index (χ0) is 14.2. The Morgan fingerprint density at radius 2 is 1.50 bits per heavy atom. The molecule has 0 nitrogen and oxygen atoms in total. The van der Waals surface area contributed by atoms with E-state index in [1.165, 1.54) is 5.30 Å². The summed E-state index contributed by atoms with van der Waals surface area (Å²) < 4.78 is 1.81. The molecule has 1 aliphatic rings. The van der Waals surface area contributed by atoms with Crippen molar-refractivity contribution in [3.63, 3.8) is 0 Å². The van der Waals surface area contributed by atoms with Gasteiger partial charge in [-0.3, -0.25) is 0 Å². The third-order valence-electron chi connectivity index (χ3n) is 4.42. The molecule has 3 heteroatoms.